The Hall–Kier alpha value is -2.37. The highest BCUT2D eigenvalue weighted by molar-refractivity contribution is 5.90. The third-order valence-corrected chi connectivity index (χ3v) is 2.53. The van der Waals surface area contributed by atoms with Crippen LogP contribution in [0.2, 0.25) is 0 Å². The molecular formula is C13H14N2O4. The molecule has 0 radical (unpaired) electrons. The lowest BCUT2D eigenvalue weighted by molar-refractivity contribution is 0.0691. The SMILES string of the molecule is CCc1nnc(COc2cc(C)ccc2C(=O)O)o1. The molecule has 0 unspecified atom stereocenters. The monoisotopic (exact) mass is 262 g/mol. The fourth-order valence-electron chi connectivity index (χ4n) is 1.55. The van der Waals surface area contributed by atoms with Crippen LogP contribution < -0.4 is 4.74 Å². The number of hydrogen-bond donors (Lipinski definition) is 1. The summed E-state index contributed by atoms with van der Waals surface area (Å²) in [5.74, 6) is 0.120. The van der Waals surface area contributed by atoms with E-state index in [2.05, 4.69) is 10.2 Å². The summed E-state index contributed by atoms with van der Waals surface area (Å²) in [5, 5.41) is 16.7. The van der Waals surface area contributed by atoms with E-state index in [1.807, 2.05) is 13.8 Å². The molecule has 0 spiro atoms. The van der Waals surface area contributed by atoms with E-state index < -0.39 is 5.97 Å². The van der Waals surface area contributed by atoms with Crippen molar-refractivity contribution in [2.24, 2.45) is 0 Å². The highest BCUT2D eigenvalue weighted by atomic mass is 16.5. The lowest BCUT2D eigenvalue weighted by Crippen LogP contribution is -2.04. The number of carboxylic acid groups (broad SMARTS) is 1. The van der Waals surface area contributed by atoms with Crippen molar-refractivity contribution in [2.45, 2.75) is 26.9 Å². The van der Waals surface area contributed by atoms with Crippen molar-refractivity contribution in [3.8, 4) is 5.75 Å². The Kier molecular flexibility index (Phi) is 3.79. The predicted octanol–water partition coefficient (Wildman–Crippen LogP) is 2.22. The van der Waals surface area contributed by atoms with E-state index in [-0.39, 0.29) is 12.2 Å². The number of nitrogens with zero attached hydrogens (tertiary/aromatic N) is 2. The lowest BCUT2D eigenvalue weighted by atomic mass is 10.1. The van der Waals surface area contributed by atoms with Crippen LogP contribution in [0.1, 0.15) is 34.6 Å². The number of aromatic carboxylic acids is 1. The van der Waals surface area contributed by atoms with Crippen LogP contribution in [0.5, 0.6) is 5.75 Å². The van der Waals surface area contributed by atoms with Crippen molar-refractivity contribution in [3.63, 3.8) is 0 Å². The van der Waals surface area contributed by atoms with E-state index in [9.17, 15) is 4.79 Å². The summed E-state index contributed by atoms with van der Waals surface area (Å²) in [4.78, 5) is 11.1. The number of ether oxygens (including phenoxy) is 1. The molecule has 0 aliphatic heterocycles. The van der Waals surface area contributed by atoms with E-state index >= 15 is 0 Å². The van der Waals surface area contributed by atoms with Crippen LogP contribution >= 0.6 is 0 Å². The Morgan fingerprint density at radius 3 is 2.74 bits per heavy atom. The summed E-state index contributed by atoms with van der Waals surface area (Å²) in [7, 11) is 0. The van der Waals surface area contributed by atoms with Crippen molar-refractivity contribution < 1.29 is 19.1 Å². The molecule has 0 saturated heterocycles. The van der Waals surface area contributed by atoms with Gasteiger partial charge in [-0.3, -0.25) is 0 Å². The third kappa shape index (κ3) is 3.09. The highest BCUT2D eigenvalue weighted by Gasteiger charge is 2.13. The summed E-state index contributed by atoms with van der Waals surface area (Å²) >= 11 is 0. The fourth-order valence-corrected chi connectivity index (χ4v) is 1.55. The molecule has 6 heteroatoms. The molecule has 1 aromatic carbocycles. The van der Waals surface area contributed by atoms with Gasteiger partial charge in [-0.05, 0) is 24.6 Å². The van der Waals surface area contributed by atoms with Crippen molar-refractivity contribution in [1.29, 1.82) is 0 Å². The maximum absolute atomic E-state index is 11.1. The minimum atomic E-state index is -1.03. The van der Waals surface area contributed by atoms with Gasteiger partial charge in [-0.15, -0.1) is 10.2 Å². The van der Waals surface area contributed by atoms with Crippen molar-refractivity contribution >= 4 is 5.97 Å². The van der Waals surface area contributed by atoms with Crippen LogP contribution in [0, 0.1) is 6.92 Å². The van der Waals surface area contributed by atoms with Crippen LogP contribution in [-0.2, 0) is 13.0 Å². The Morgan fingerprint density at radius 2 is 2.11 bits per heavy atom. The second kappa shape index (κ2) is 5.51. The summed E-state index contributed by atoms with van der Waals surface area (Å²) < 4.78 is 10.7. The summed E-state index contributed by atoms with van der Waals surface area (Å²) in [6, 6.07) is 4.90. The van der Waals surface area contributed by atoms with E-state index in [0.29, 0.717) is 24.0 Å². The first-order chi connectivity index (χ1) is 9.10. The smallest absolute Gasteiger partial charge is 0.339 e. The van der Waals surface area contributed by atoms with Gasteiger partial charge in [0.2, 0.25) is 5.89 Å². The lowest BCUT2D eigenvalue weighted by Gasteiger charge is -2.07. The van der Waals surface area contributed by atoms with Crippen molar-refractivity contribution in [3.05, 3.63) is 41.1 Å². The number of carboxylic acids is 1. The summed E-state index contributed by atoms with van der Waals surface area (Å²) in [6.45, 7) is 3.82. The van der Waals surface area contributed by atoms with E-state index in [0.717, 1.165) is 5.56 Å². The normalized spacial score (nSPS) is 10.4. The van der Waals surface area contributed by atoms with Gasteiger partial charge >= 0.3 is 5.97 Å². The molecule has 100 valence electrons. The number of benzene rings is 1. The van der Waals surface area contributed by atoms with Crippen LogP contribution in [0.4, 0.5) is 0 Å². The van der Waals surface area contributed by atoms with Crippen LogP contribution in [0.15, 0.2) is 22.6 Å². The van der Waals surface area contributed by atoms with Gasteiger partial charge < -0.3 is 14.3 Å². The molecule has 19 heavy (non-hydrogen) atoms. The topological polar surface area (TPSA) is 85.5 Å². The van der Waals surface area contributed by atoms with Gasteiger partial charge in [-0.2, -0.15) is 0 Å². The molecule has 6 nitrogen and oxygen atoms in total. The Balaban J connectivity index is 2.14. The minimum Gasteiger partial charge on any atom is -0.483 e. The molecule has 0 bridgehead atoms. The largest absolute Gasteiger partial charge is 0.483 e. The first kappa shape index (κ1) is 13.1. The number of hydrogen-bond acceptors (Lipinski definition) is 5. The molecule has 0 fully saturated rings. The van der Waals surface area contributed by atoms with Gasteiger partial charge in [0, 0.05) is 6.42 Å². The first-order valence-corrected chi connectivity index (χ1v) is 5.88. The molecule has 1 N–H and O–H groups in total. The second-order valence-electron chi connectivity index (χ2n) is 4.04. The average Bonchev–Trinajstić information content (AvgIpc) is 2.84. The zero-order valence-electron chi connectivity index (χ0n) is 10.7. The van der Waals surface area contributed by atoms with Gasteiger partial charge in [0.15, 0.2) is 6.61 Å². The first-order valence-electron chi connectivity index (χ1n) is 5.88. The maximum atomic E-state index is 11.1. The highest BCUT2D eigenvalue weighted by Crippen LogP contribution is 2.21. The molecule has 1 aromatic heterocycles. The molecule has 2 aromatic rings. The van der Waals surface area contributed by atoms with Crippen LogP contribution in [-0.4, -0.2) is 21.3 Å². The van der Waals surface area contributed by atoms with E-state index in [1.54, 1.807) is 12.1 Å². The summed E-state index contributed by atoms with van der Waals surface area (Å²) in [6.07, 6.45) is 0.651. The van der Waals surface area contributed by atoms with Gasteiger partial charge in [-0.25, -0.2) is 4.79 Å². The zero-order chi connectivity index (χ0) is 13.8. The molecule has 0 amide bonds. The van der Waals surface area contributed by atoms with Gasteiger partial charge in [0.1, 0.15) is 11.3 Å². The van der Waals surface area contributed by atoms with Gasteiger partial charge in [0.25, 0.3) is 5.89 Å². The molecule has 0 atom stereocenters. The van der Waals surface area contributed by atoms with Gasteiger partial charge in [-0.1, -0.05) is 13.0 Å². The Morgan fingerprint density at radius 1 is 1.37 bits per heavy atom. The number of carbonyl (C=O) groups is 1. The Bertz CT molecular complexity index is 592. The molecular weight excluding hydrogens is 248 g/mol. The second-order valence-corrected chi connectivity index (χ2v) is 4.04. The van der Waals surface area contributed by atoms with Crippen LogP contribution in [0.3, 0.4) is 0 Å². The van der Waals surface area contributed by atoms with E-state index in [1.165, 1.54) is 6.07 Å². The number of rotatable bonds is 5. The minimum absolute atomic E-state index is 0.0523. The Labute approximate surface area is 110 Å². The van der Waals surface area contributed by atoms with Gasteiger partial charge in [0.05, 0.1) is 0 Å². The number of aryl methyl sites for hydroxylation is 2. The zero-order valence-corrected chi connectivity index (χ0v) is 10.7. The molecule has 0 aliphatic carbocycles. The van der Waals surface area contributed by atoms with Crippen LogP contribution in [0.25, 0.3) is 0 Å². The molecule has 0 saturated carbocycles. The molecule has 0 aliphatic rings. The molecule has 2 rings (SSSR count). The third-order valence-electron chi connectivity index (χ3n) is 2.53. The maximum Gasteiger partial charge on any atom is 0.339 e. The van der Waals surface area contributed by atoms with Crippen molar-refractivity contribution in [1.82, 2.24) is 10.2 Å². The standard InChI is InChI=1S/C13H14N2O4/c1-3-11-14-15-12(19-11)7-18-10-6-8(2)4-5-9(10)13(16)17/h4-6H,3,7H2,1-2H3,(H,16,17). The summed E-state index contributed by atoms with van der Waals surface area (Å²) in [5.41, 5.74) is 1.03. The average molecular weight is 262 g/mol. The quantitative estimate of drug-likeness (QED) is 0.889. The molecule has 1 heterocycles. The fraction of sp³-hybridized carbons (Fsp3) is 0.308. The van der Waals surface area contributed by atoms with E-state index in [4.69, 9.17) is 14.3 Å². The number of aromatic nitrogens is 2. The van der Waals surface area contributed by atoms with Crippen molar-refractivity contribution in [2.75, 3.05) is 0 Å². The predicted molar refractivity (Wildman–Crippen MR) is 66.1 cm³/mol.